The lowest BCUT2D eigenvalue weighted by molar-refractivity contribution is -0.142. The van der Waals surface area contributed by atoms with E-state index in [1.54, 1.807) is 0 Å². The summed E-state index contributed by atoms with van der Waals surface area (Å²) < 4.78 is 0. The molecule has 0 aromatic carbocycles. The number of piperidine rings is 1. The van der Waals surface area contributed by atoms with Crippen molar-refractivity contribution in [2.24, 2.45) is 11.8 Å². The van der Waals surface area contributed by atoms with Gasteiger partial charge in [0.05, 0.1) is 5.92 Å². The van der Waals surface area contributed by atoms with Crippen LogP contribution in [0.25, 0.3) is 0 Å². The van der Waals surface area contributed by atoms with Crippen molar-refractivity contribution in [3.63, 3.8) is 0 Å². The van der Waals surface area contributed by atoms with Gasteiger partial charge >= 0.3 is 5.97 Å². The zero-order chi connectivity index (χ0) is 8.55. The van der Waals surface area contributed by atoms with E-state index in [9.17, 15) is 4.79 Å². The Morgan fingerprint density at radius 1 is 1.33 bits per heavy atom. The van der Waals surface area contributed by atoms with Gasteiger partial charge in [-0.2, -0.15) is 0 Å². The molecule has 3 unspecified atom stereocenters. The van der Waals surface area contributed by atoms with Crippen molar-refractivity contribution in [2.75, 3.05) is 19.6 Å². The van der Waals surface area contributed by atoms with Gasteiger partial charge in [0.15, 0.2) is 0 Å². The summed E-state index contributed by atoms with van der Waals surface area (Å²) in [4.78, 5) is 10.7. The molecule has 0 aromatic rings. The van der Waals surface area contributed by atoms with Crippen LogP contribution in [0.5, 0.6) is 0 Å². The molecule has 0 amide bonds. The molecule has 0 radical (unpaired) electrons. The second-order valence-electron chi connectivity index (χ2n) is 3.70. The number of fused-ring (bicyclic) bond motifs is 1. The highest BCUT2D eigenvalue weighted by Crippen LogP contribution is 2.23. The van der Waals surface area contributed by atoms with Gasteiger partial charge in [0, 0.05) is 19.1 Å². The first-order valence-electron chi connectivity index (χ1n) is 4.44. The Kier molecular flexibility index (Phi) is 2.02. The van der Waals surface area contributed by atoms with Gasteiger partial charge in [-0.25, -0.2) is 0 Å². The molecule has 4 heteroatoms. The van der Waals surface area contributed by atoms with Crippen molar-refractivity contribution in [3.05, 3.63) is 0 Å². The second-order valence-corrected chi connectivity index (χ2v) is 3.70. The van der Waals surface area contributed by atoms with E-state index in [0.29, 0.717) is 18.5 Å². The minimum Gasteiger partial charge on any atom is -0.481 e. The molecule has 12 heavy (non-hydrogen) atoms. The number of carbonyl (C=O) groups is 1. The summed E-state index contributed by atoms with van der Waals surface area (Å²) in [6.45, 7) is 2.61. The summed E-state index contributed by atoms with van der Waals surface area (Å²) in [6.07, 6.45) is 0.833. The monoisotopic (exact) mass is 170 g/mol. The van der Waals surface area contributed by atoms with Crippen LogP contribution in [0.15, 0.2) is 0 Å². The van der Waals surface area contributed by atoms with Crippen LogP contribution in [0.4, 0.5) is 0 Å². The predicted molar refractivity (Wildman–Crippen MR) is 43.9 cm³/mol. The van der Waals surface area contributed by atoms with Crippen LogP contribution in [0.1, 0.15) is 6.42 Å². The maximum Gasteiger partial charge on any atom is 0.307 e. The average molecular weight is 170 g/mol. The molecule has 0 aromatic heterocycles. The van der Waals surface area contributed by atoms with Crippen molar-refractivity contribution in [1.29, 1.82) is 0 Å². The Labute approximate surface area is 71.3 Å². The van der Waals surface area contributed by atoms with E-state index in [1.807, 2.05) is 0 Å². The topological polar surface area (TPSA) is 61.4 Å². The van der Waals surface area contributed by atoms with Crippen LogP contribution in [-0.2, 0) is 4.79 Å². The predicted octanol–water partition coefficient (Wildman–Crippen LogP) is -0.731. The summed E-state index contributed by atoms with van der Waals surface area (Å²) in [6, 6.07) is 0.514. The molecular weight excluding hydrogens is 156 g/mol. The molecule has 2 heterocycles. The first-order valence-corrected chi connectivity index (χ1v) is 4.44. The largest absolute Gasteiger partial charge is 0.481 e. The van der Waals surface area contributed by atoms with Gasteiger partial charge in [0.25, 0.3) is 0 Å². The third kappa shape index (κ3) is 1.32. The van der Waals surface area contributed by atoms with Gasteiger partial charge in [-0.15, -0.1) is 0 Å². The van der Waals surface area contributed by atoms with Gasteiger partial charge in [-0.1, -0.05) is 0 Å². The zero-order valence-electron chi connectivity index (χ0n) is 6.92. The Morgan fingerprint density at radius 2 is 2.17 bits per heavy atom. The maximum atomic E-state index is 10.7. The third-order valence-corrected chi connectivity index (χ3v) is 2.90. The summed E-state index contributed by atoms with van der Waals surface area (Å²) in [5, 5.41) is 15.3. The average Bonchev–Trinajstić information content (AvgIpc) is 2.49. The fourth-order valence-electron chi connectivity index (χ4n) is 2.15. The standard InChI is InChI=1S/C8H14N2O2/c11-8(12)6-1-5-2-9-4-7(5)10-3-6/h5-7,9-10H,1-4H2,(H,11,12). The number of rotatable bonds is 1. The summed E-state index contributed by atoms with van der Waals surface area (Å²) in [5.74, 6) is -0.307. The smallest absolute Gasteiger partial charge is 0.307 e. The van der Waals surface area contributed by atoms with Crippen molar-refractivity contribution in [3.8, 4) is 0 Å². The first-order chi connectivity index (χ1) is 5.77. The van der Waals surface area contributed by atoms with E-state index in [4.69, 9.17) is 5.11 Å². The van der Waals surface area contributed by atoms with Crippen LogP contribution in [0.3, 0.4) is 0 Å². The molecule has 2 aliphatic rings. The minimum absolute atomic E-state index is 0.175. The first kappa shape index (κ1) is 8.01. The molecule has 2 aliphatic heterocycles. The van der Waals surface area contributed by atoms with Crippen LogP contribution >= 0.6 is 0 Å². The lowest BCUT2D eigenvalue weighted by atomic mass is 9.87. The van der Waals surface area contributed by atoms with Crippen molar-refractivity contribution in [2.45, 2.75) is 12.5 Å². The van der Waals surface area contributed by atoms with Crippen LogP contribution < -0.4 is 10.6 Å². The molecule has 0 spiro atoms. The molecule has 2 saturated heterocycles. The minimum atomic E-state index is -0.659. The van der Waals surface area contributed by atoms with E-state index in [-0.39, 0.29) is 5.92 Å². The molecule has 2 rings (SSSR count). The molecule has 68 valence electrons. The molecule has 3 atom stereocenters. The maximum absolute atomic E-state index is 10.7. The van der Waals surface area contributed by atoms with E-state index in [2.05, 4.69) is 10.6 Å². The fraction of sp³-hybridized carbons (Fsp3) is 0.875. The molecule has 4 nitrogen and oxygen atoms in total. The molecule has 3 N–H and O–H groups in total. The SMILES string of the molecule is O=C(O)C1CNC2CNCC2C1. The van der Waals surface area contributed by atoms with Crippen molar-refractivity contribution in [1.82, 2.24) is 10.6 Å². The highest BCUT2D eigenvalue weighted by molar-refractivity contribution is 5.70. The van der Waals surface area contributed by atoms with Crippen molar-refractivity contribution < 1.29 is 9.90 Å². The summed E-state index contributed by atoms with van der Waals surface area (Å²) in [7, 11) is 0. The molecule has 0 saturated carbocycles. The van der Waals surface area contributed by atoms with Crippen LogP contribution in [0.2, 0.25) is 0 Å². The fourth-order valence-corrected chi connectivity index (χ4v) is 2.15. The van der Waals surface area contributed by atoms with E-state index in [1.165, 1.54) is 0 Å². The number of aliphatic carboxylic acids is 1. The van der Waals surface area contributed by atoms with Crippen LogP contribution in [-0.4, -0.2) is 36.8 Å². The van der Waals surface area contributed by atoms with E-state index < -0.39 is 5.97 Å². The molecule has 0 bridgehead atoms. The van der Waals surface area contributed by atoms with E-state index in [0.717, 1.165) is 19.5 Å². The lowest BCUT2D eigenvalue weighted by Gasteiger charge is -2.29. The van der Waals surface area contributed by atoms with Gasteiger partial charge in [-0.3, -0.25) is 4.79 Å². The number of carboxylic acid groups (broad SMARTS) is 1. The second kappa shape index (κ2) is 3.03. The number of carboxylic acids is 1. The summed E-state index contributed by atoms with van der Waals surface area (Å²) >= 11 is 0. The number of nitrogens with one attached hydrogen (secondary N) is 2. The Morgan fingerprint density at radius 3 is 2.92 bits per heavy atom. The lowest BCUT2D eigenvalue weighted by Crippen LogP contribution is -2.46. The van der Waals surface area contributed by atoms with E-state index >= 15 is 0 Å². The molecular formula is C8H14N2O2. The Bertz CT molecular complexity index is 195. The van der Waals surface area contributed by atoms with Crippen molar-refractivity contribution >= 4 is 5.97 Å². The Hall–Kier alpha value is -0.610. The normalized spacial score (nSPS) is 40.8. The highest BCUT2D eigenvalue weighted by atomic mass is 16.4. The van der Waals surface area contributed by atoms with Gasteiger partial charge in [0.1, 0.15) is 0 Å². The van der Waals surface area contributed by atoms with Gasteiger partial charge in [0.2, 0.25) is 0 Å². The van der Waals surface area contributed by atoms with Crippen LogP contribution in [0, 0.1) is 11.8 Å². The highest BCUT2D eigenvalue weighted by Gasteiger charge is 2.35. The quantitative estimate of drug-likeness (QED) is 0.485. The Balaban J connectivity index is 1.96. The van der Waals surface area contributed by atoms with Gasteiger partial charge < -0.3 is 15.7 Å². The number of hydrogen-bond donors (Lipinski definition) is 3. The van der Waals surface area contributed by atoms with Gasteiger partial charge in [-0.05, 0) is 18.9 Å². The summed E-state index contributed by atoms with van der Waals surface area (Å²) in [5.41, 5.74) is 0. The third-order valence-electron chi connectivity index (χ3n) is 2.90. The molecule has 0 aliphatic carbocycles. The number of hydrogen-bond acceptors (Lipinski definition) is 3. The zero-order valence-corrected chi connectivity index (χ0v) is 6.92. The molecule has 2 fully saturated rings.